The summed E-state index contributed by atoms with van der Waals surface area (Å²) in [5, 5.41) is 12.4. The second-order valence-electron chi connectivity index (χ2n) is 5.71. The highest BCUT2D eigenvalue weighted by molar-refractivity contribution is 5.88. The van der Waals surface area contributed by atoms with Gasteiger partial charge in [-0.25, -0.2) is 4.79 Å². The van der Waals surface area contributed by atoms with Crippen molar-refractivity contribution < 1.29 is 14.1 Å². The first-order valence-electron chi connectivity index (χ1n) is 8.25. The second-order valence-corrected chi connectivity index (χ2v) is 5.71. The van der Waals surface area contributed by atoms with Crippen LogP contribution in [-0.2, 0) is 11.3 Å². The SMILES string of the molecule is Cc1nn(-c2ccccc2)nc1C(=O)OCc1nc(-c2ccccc2)no1. The molecule has 0 aliphatic carbocycles. The number of hydrogen-bond donors (Lipinski definition) is 0. The highest BCUT2D eigenvalue weighted by Gasteiger charge is 2.19. The summed E-state index contributed by atoms with van der Waals surface area (Å²) in [5.41, 5.74) is 2.19. The van der Waals surface area contributed by atoms with Gasteiger partial charge in [-0.05, 0) is 19.1 Å². The third kappa shape index (κ3) is 3.59. The van der Waals surface area contributed by atoms with Crippen molar-refractivity contribution in [1.82, 2.24) is 25.1 Å². The van der Waals surface area contributed by atoms with Crippen LogP contribution in [0.5, 0.6) is 0 Å². The lowest BCUT2D eigenvalue weighted by molar-refractivity contribution is 0.0421. The molecule has 0 spiro atoms. The van der Waals surface area contributed by atoms with Gasteiger partial charge in [-0.15, -0.1) is 5.10 Å². The van der Waals surface area contributed by atoms with Gasteiger partial charge in [0, 0.05) is 5.56 Å². The first kappa shape index (κ1) is 16.6. The molecule has 0 aliphatic heterocycles. The summed E-state index contributed by atoms with van der Waals surface area (Å²) >= 11 is 0. The third-order valence-electron chi connectivity index (χ3n) is 3.79. The summed E-state index contributed by atoms with van der Waals surface area (Å²) < 4.78 is 10.4. The molecule has 0 aliphatic rings. The zero-order valence-electron chi connectivity index (χ0n) is 14.4. The van der Waals surface area contributed by atoms with Gasteiger partial charge in [0.25, 0.3) is 5.89 Å². The predicted molar refractivity (Wildman–Crippen MR) is 94.9 cm³/mol. The third-order valence-corrected chi connectivity index (χ3v) is 3.79. The molecule has 0 amide bonds. The molecule has 2 heterocycles. The van der Waals surface area contributed by atoms with Gasteiger partial charge < -0.3 is 9.26 Å². The normalized spacial score (nSPS) is 10.7. The van der Waals surface area contributed by atoms with Crippen molar-refractivity contribution in [3.05, 3.63) is 77.9 Å². The Morgan fingerprint density at radius 1 is 1.04 bits per heavy atom. The number of esters is 1. The summed E-state index contributed by atoms with van der Waals surface area (Å²) in [5.74, 6) is 0.0392. The number of rotatable bonds is 5. The Bertz CT molecular complexity index is 1060. The van der Waals surface area contributed by atoms with Crippen LogP contribution in [0.15, 0.2) is 65.2 Å². The number of para-hydroxylation sites is 1. The standard InChI is InChI=1S/C19H15N5O3/c1-13-17(22-24(21-13)15-10-6-3-7-11-15)19(25)26-12-16-20-18(23-27-16)14-8-4-2-5-9-14/h2-11H,12H2,1H3. The molecule has 8 heteroatoms. The van der Waals surface area contributed by atoms with Crippen LogP contribution in [0.25, 0.3) is 17.1 Å². The highest BCUT2D eigenvalue weighted by atomic mass is 16.6. The van der Waals surface area contributed by atoms with Gasteiger partial charge in [0.15, 0.2) is 12.3 Å². The zero-order chi connectivity index (χ0) is 18.6. The molecule has 0 radical (unpaired) electrons. The van der Waals surface area contributed by atoms with Crippen molar-refractivity contribution in [1.29, 1.82) is 0 Å². The van der Waals surface area contributed by atoms with Gasteiger partial charge in [0.05, 0.1) is 11.4 Å². The van der Waals surface area contributed by atoms with Crippen molar-refractivity contribution in [2.45, 2.75) is 13.5 Å². The molecule has 134 valence electrons. The molecule has 0 N–H and O–H groups in total. The van der Waals surface area contributed by atoms with Crippen molar-refractivity contribution in [2.75, 3.05) is 0 Å². The van der Waals surface area contributed by atoms with Crippen molar-refractivity contribution in [3.63, 3.8) is 0 Å². The molecule has 4 aromatic rings. The minimum Gasteiger partial charge on any atom is -0.451 e. The molecule has 2 aromatic carbocycles. The maximum Gasteiger partial charge on any atom is 0.361 e. The number of benzene rings is 2. The largest absolute Gasteiger partial charge is 0.451 e. The molecular weight excluding hydrogens is 346 g/mol. The molecule has 0 fully saturated rings. The Kier molecular flexibility index (Phi) is 4.44. The van der Waals surface area contributed by atoms with Crippen molar-refractivity contribution >= 4 is 5.97 Å². The number of ether oxygens (including phenoxy) is 1. The van der Waals surface area contributed by atoms with Crippen LogP contribution < -0.4 is 0 Å². The van der Waals surface area contributed by atoms with Gasteiger partial charge in [0.2, 0.25) is 5.82 Å². The average Bonchev–Trinajstić information content (AvgIpc) is 3.34. The fraction of sp³-hybridized carbons (Fsp3) is 0.105. The summed E-state index contributed by atoms with van der Waals surface area (Å²) in [6.07, 6.45) is 0. The Morgan fingerprint density at radius 3 is 2.48 bits per heavy atom. The number of carbonyl (C=O) groups excluding carboxylic acids is 1. The molecule has 0 atom stereocenters. The van der Waals surface area contributed by atoms with Crippen LogP contribution in [-0.4, -0.2) is 31.1 Å². The van der Waals surface area contributed by atoms with E-state index in [0.717, 1.165) is 11.3 Å². The van der Waals surface area contributed by atoms with Crippen molar-refractivity contribution in [3.8, 4) is 17.1 Å². The Balaban J connectivity index is 1.45. The number of aryl methyl sites for hydroxylation is 1. The lowest BCUT2D eigenvalue weighted by Gasteiger charge is -1.99. The first-order chi connectivity index (χ1) is 13.2. The average molecular weight is 361 g/mol. The van der Waals surface area contributed by atoms with Gasteiger partial charge in [-0.1, -0.05) is 53.7 Å². The monoisotopic (exact) mass is 361 g/mol. The Morgan fingerprint density at radius 2 is 1.74 bits per heavy atom. The van der Waals surface area contributed by atoms with Crippen LogP contribution in [0, 0.1) is 6.92 Å². The van der Waals surface area contributed by atoms with E-state index in [1.54, 1.807) is 6.92 Å². The molecule has 0 saturated heterocycles. The smallest absolute Gasteiger partial charge is 0.361 e. The number of aromatic nitrogens is 5. The quantitative estimate of drug-likeness (QED) is 0.504. The molecule has 0 saturated carbocycles. The predicted octanol–water partition coefficient (Wildman–Crippen LogP) is 2.98. The van der Waals surface area contributed by atoms with E-state index >= 15 is 0 Å². The lowest BCUT2D eigenvalue weighted by Crippen LogP contribution is -2.08. The molecule has 2 aromatic heterocycles. The molecule has 0 bridgehead atoms. The Labute approximate surface area is 154 Å². The van der Waals surface area contributed by atoms with E-state index in [1.165, 1.54) is 4.80 Å². The van der Waals surface area contributed by atoms with E-state index < -0.39 is 5.97 Å². The first-order valence-corrected chi connectivity index (χ1v) is 8.25. The summed E-state index contributed by atoms with van der Waals surface area (Å²) in [7, 11) is 0. The molecule has 8 nitrogen and oxygen atoms in total. The number of nitrogens with zero attached hydrogens (tertiary/aromatic N) is 5. The molecule has 4 rings (SSSR count). The van der Waals surface area contributed by atoms with Crippen LogP contribution in [0.4, 0.5) is 0 Å². The number of hydrogen-bond acceptors (Lipinski definition) is 7. The molecule has 27 heavy (non-hydrogen) atoms. The van der Waals surface area contributed by atoms with Gasteiger partial charge in [-0.3, -0.25) is 0 Å². The number of carbonyl (C=O) groups is 1. The van der Waals surface area contributed by atoms with Crippen molar-refractivity contribution in [2.24, 2.45) is 0 Å². The second kappa shape index (κ2) is 7.20. The van der Waals surface area contributed by atoms with E-state index in [0.29, 0.717) is 11.5 Å². The fourth-order valence-corrected chi connectivity index (χ4v) is 2.46. The van der Waals surface area contributed by atoms with E-state index in [2.05, 4.69) is 20.3 Å². The van der Waals surface area contributed by atoms with Crippen LogP contribution in [0.1, 0.15) is 22.1 Å². The Hall–Kier alpha value is -3.81. The van der Waals surface area contributed by atoms with Crippen LogP contribution in [0.2, 0.25) is 0 Å². The zero-order valence-corrected chi connectivity index (χ0v) is 14.4. The maximum atomic E-state index is 12.3. The minimum absolute atomic E-state index is 0.140. The lowest BCUT2D eigenvalue weighted by atomic mass is 10.2. The summed E-state index contributed by atoms with van der Waals surface area (Å²) in [6, 6.07) is 18.7. The van der Waals surface area contributed by atoms with E-state index in [1.807, 2.05) is 60.7 Å². The van der Waals surface area contributed by atoms with Gasteiger partial charge in [0.1, 0.15) is 0 Å². The van der Waals surface area contributed by atoms with E-state index in [9.17, 15) is 4.79 Å². The topological polar surface area (TPSA) is 95.9 Å². The fourth-order valence-electron chi connectivity index (χ4n) is 2.46. The van der Waals surface area contributed by atoms with Crippen LogP contribution >= 0.6 is 0 Å². The molecule has 0 unspecified atom stereocenters. The highest BCUT2D eigenvalue weighted by Crippen LogP contribution is 2.16. The van der Waals surface area contributed by atoms with Crippen LogP contribution in [0.3, 0.4) is 0 Å². The van der Waals surface area contributed by atoms with E-state index in [4.69, 9.17) is 9.26 Å². The minimum atomic E-state index is -0.603. The summed E-state index contributed by atoms with van der Waals surface area (Å²) in [4.78, 5) is 18.0. The van der Waals surface area contributed by atoms with Gasteiger partial charge in [-0.2, -0.15) is 14.9 Å². The summed E-state index contributed by atoms with van der Waals surface area (Å²) in [6.45, 7) is 1.56. The maximum absolute atomic E-state index is 12.3. The van der Waals surface area contributed by atoms with Gasteiger partial charge >= 0.3 is 5.97 Å². The molecular formula is C19H15N5O3. The van der Waals surface area contributed by atoms with E-state index in [-0.39, 0.29) is 18.2 Å².